The molecule has 1 rings (SSSR count). The fourth-order valence-electron chi connectivity index (χ4n) is 1.30. The van der Waals surface area contributed by atoms with Crippen molar-refractivity contribution in [3.8, 4) is 0 Å². The zero-order chi connectivity index (χ0) is 12.8. The molecule has 0 spiro atoms. The molecule has 0 saturated carbocycles. The van der Waals surface area contributed by atoms with E-state index in [0.717, 1.165) is 0 Å². The number of carbonyl (C=O) groups is 3. The topological polar surface area (TPSA) is 108 Å². The number of carbonyl (C=O) groups excluding carboxylic acids is 3. The zero-order valence-corrected chi connectivity index (χ0v) is 9.57. The summed E-state index contributed by atoms with van der Waals surface area (Å²) in [7, 11) is 0. The van der Waals surface area contributed by atoms with Crippen LogP contribution in [-0.2, 0) is 9.59 Å². The van der Waals surface area contributed by atoms with E-state index in [1.54, 1.807) is 0 Å². The Morgan fingerprint density at radius 3 is 2.88 bits per heavy atom. The lowest BCUT2D eigenvalue weighted by Crippen LogP contribution is -2.55. The molecule has 0 aromatic carbocycles. The molecule has 8 nitrogen and oxygen atoms in total. The third kappa shape index (κ3) is 3.66. The van der Waals surface area contributed by atoms with E-state index in [-0.39, 0.29) is 31.2 Å². The molecule has 1 aliphatic heterocycles. The van der Waals surface area contributed by atoms with E-state index in [2.05, 4.69) is 15.9 Å². The fourth-order valence-corrected chi connectivity index (χ4v) is 1.46. The molecule has 0 aromatic heterocycles. The highest BCUT2D eigenvalue weighted by molar-refractivity contribution is 6.18. The van der Waals surface area contributed by atoms with Crippen LogP contribution in [0.15, 0.2) is 5.29 Å². The highest BCUT2D eigenvalue weighted by atomic mass is 35.5. The number of nitrogens with one attached hydrogen (secondary N) is 2. The zero-order valence-electron chi connectivity index (χ0n) is 8.81. The molecule has 94 valence electrons. The maximum Gasteiger partial charge on any atom is 0.341 e. The molecule has 1 unspecified atom stereocenters. The number of halogens is 1. The number of hydrogen-bond donors (Lipinski definition) is 2. The monoisotopic (exact) mass is 262 g/mol. The lowest BCUT2D eigenvalue weighted by atomic mass is 10.1. The average Bonchev–Trinajstić information content (AvgIpc) is 2.30. The molecular weight excluding hydrogens is 252 g/mol. The Bertz CT molecular complexity index is 348. The van der Waals surface area contributed by atoms with Gasteiger partial charge in [0.25, 0.3) is 0 Å². The number of hydrogen-bond acceptors (Lipinski definition) is 5. The first kappa shape index (κ1) is 13.4. The first-order valence-corrected chi connectivity index (χ1v) is 5.38. The van der Waals surface area contributed by atoms with E-state index >= 15 is 0 Å². The number of piperidine rings is 1. The van der Waals surface area contributed by atoms with Gasteiger partial charge in [0.05, 0.1) is 18.4 Å². The number of nitrogens with zero attached hydrogens (tertiary/aromatic N) is 2. The van der Waals surface area contributed by atoms with Crippen LogP contribution in [0.25, 0.3) is 0 Å². The normalized spacial score (nSPS) is 19.5. The summed E-state index contributed by atoms with van der Waals surface area (Å²) in [6.45, 7) is -0.109. The minimum Gasteiger partial charge on any atom is -0.347 e. The van der Waals surface area contributed by atoms with Crippen LogP contribution in [-0.4, -0.2) is 47.7 Å². The van der Waals surface area contributed by atoms with Gasteiger partial charge in [-0.1, -0.05) is 0 Å². The average molecular weight is 263 g/mol. The summed E-state index contributed by atoms with van der Waals surface area (Å²) in [5.41, 5.74) is 0. The fraction of sp³-hybridized carbons (Fsp3) is 0.625. The quantitative estimate of drug-likeness (QED) is 0.400. The highest BCUT2D eigenvalue weighted by Gasteiger charge is 2.29. The van der Waals surface area contributed by atoms with Crippen molar-refractivity contribution < 1.29 is 14.4 Å². The van der Waals surface area contributed by atoms with Gasteiger partial charge in [0.2, 0.25) is 5.91 Å². The number of ketones is 1. The van der Waals surface area contributed by atoms with Gasteiger partial charge in [-0.05, 0) is 0 Å². The Labute approximate surface area is 102 Å². The predicted molar refractivity (Wildman–Crippen MR) is 58.2 cm³/mol. The van der Waals surface area contributed by atoms with Crippen LogP contribution in [0.1, 0.15) is 6.42 Å². The molecule has 1 atom stereocenters. The summed E-state index contributed by atoms with van der Waals surface area (Å²) in [5.74, 6) is -0.623. The predicted octanol–water partition coefficient (Wildman–Crippen LogP) is -0.624. The van der Waals surface area contributed by atoms with Gasteiger partial charge in [0, 0.05) is 12.3 Å². The minimum atomic E-state index is -0.969. The maximum absolute atomic E-state index is 11.5. The molecule has 1 saturated heterocycles. The second kappa shape index (κ2) is 6.14. The second-order valence-corrected chi connectivity index (χ2v) is 3.73. The number of Topliss-reactive ketones (excluding diaryl/α,β-unsaturated/α-hetero) is 1. The second-order valence-electron chi connectivity index (χ2n) is 3.36. The summed E-state index contributed by atoms with van der Waals surface area (Å²) in [4.78, 5) is 44.2. The molecule has 9 heteroatoms. The van der Waals surface area contributed by atoms with E-state index in [0.29, 0.717) is 5.01 Å². The van der Waals surface area contributed by atoms with Gasteiger partial charge in [-0.3, -0.25) is 9.59 Å². The van der Waals surface area contributed by atoms with Crippen molar-refractivity contribution in [2.75, 3.05) is 19.0 Å². The van der Waals surface area contributed by atoms with Crippen LogP contribution in [0.5, 0.6) is 0 Å². The summed E-state index contributed by atoms with van der Waals surface area (Å²) in [5, 5.41) is 7.57. The molecule has 0 aliphatic carbocycles. The first-order chi connectivity index (χ1) is 8.08. The molecule has 0 bridgehead atoms. The van der Waals surface area contributed by atoms with Gasteiger partial charge < -0.3 is 10.6 Å². The first-order valence-electron chi connectivity index (χ1n) is 4.85. The van der Waals surface area contributed by atoms with Gasteiger partial charge in [-0.15, -0.1) is 16.5 Å². The van der Waals surface area contributed by atoms with Crippen molar-refractivity contribution >= 4 is 29.3 Å². The Balaban J connectivity index is 2.56. The van der Waals surface area contributed by atoms with Crippen molar-refractivity contribution in [2.24, 2.45) is 5.29 Å². The SMILES string of the molecule is O=NN(CCCl)C(=O)NC1CC(=O)CNC1=O. The third-order valence-electron chi connectivity index (χ3n) is 2.14. The summed E-state index contributed by atoms with van der Waals surface area (Å²) in [6.07, 6.45) is -0.0921. The van der Waals surface area contributed by atoms with Crippen LogP contribution < -0.4 is 10.6 Å². The van der Waals surface area contributed by atoms with E-state index in [4.69, 9.17) is 11.6 Å². The van der Waals surface area contributed by atoms with Crippen molar-refractivity contribution in [2.45, 2.75) is 12.5 Å². The van der Waals surface area contributed by atoms with E-state index in [9.17, 15) is 19.3 Å². The Morgan fingerprint density at radius 2 is 2.29 bits per heavy atom. The van der Waals surface area contributed by atoms with Gasteiger partial charge >= 0.3 is 6.03 Å². The van der Waals surface area contributed by atoms with Crippen molar-refractivity contribution in [1.82, 2.24) is 15.6 Å². The lowest BCUT2D eigenvalue weighted by molar-refractivity contribution is -0.131. The van der Waals surface area contributed by atoms with Gasteiger partial charge in [-0.2, -0.15) is 5.01 Å². The van der Waals surface area contributed by atoms with Crippen LogP contribution in [0.4, 0.5) is 4.79 Å². The Morgan fingerprint density at radius 1 is 1.59 bits per heavy atom. The van der Waals surface area contributed by atoms with Gasteiger partial charge in [0.1, 0.15) is 6.04 Å². The van der Waals surface area contributed by atoms with Crippen LogP contribution in [0, 0.1) is 4.91 Å². The Kier molecular flexibility index (Phi) is 4.83. The third-order valence-corrected chi connectivity index (χ3v) is 2.30. The number of rotatable bonds is 4. The van der Waals surface area contributed by atoms with Gasteiger partial charge in [-0.25, -0.2) is 4.79 Å². The van der Waals surface area contributed by atoms with Crippen LogP contribution in [0.3, 0.4) is 0 Å². The number of urea groups is 1. The summed E-state index contributed by atoms with van der Waals surface area (Å²) in [6, 6.07) is -1.82. The highest BCUT2D eigenvalue weighted by Crippen LogP contribution is 2.02. The molecule has 17 heavy (non-hydrogen) atoms. The molecule has 3 amide bonds. The molecule has 1 aliphatic rings. The molecule has 2 N–H and O–H groups in total. The molecular formula is C8H11ClN4O4. The van der Waals surface area contributed by atoms with Crippen LogP contribution >= 0.6 is 11.6 Å². The molecule has 1 heterocycles. The van der Waals surface area contributed by atoms with E-state index in [1.165, 1.54) is 0 Å². The molecule has 0 radical (unpaired) electrons. The standard InChI is InChI=1S/C8H11ClN4O4/c9-1-2-13(12-17)8(16)11-6-3-5(14)4-10-7(6)15/h6H,1-4H2,(H,10,15)(H,11,16). The summed E-state index contributed by atoms with van der Waals surface area (Å²) < 4.78 is 0. The van der Waals surface area contributed by atoms with E-state index in [1.807, 2.05) is 0 Å². The van der Waals surface area contributed by atoms with Gasteiger partial charge in [0.15, 0.2) is 5.78 Å². The Hall–Kier alpha value is -1.70. The minimum absolute atomic E-state index is 0.0367. The number of alkyl halides is 1. The smallest absolute Gasteiger partial charge is 0.341 e. The van der Waals surface area contributed by atoms with Crippen LogP contribution in [0.2, 0.25) is 0 Å². The molecule has 0 aromatic rings. The van der Waals surface area contributed by atoms with Crippen molar-refractivity contribution in [3.63, 3.8) is 0 Å². The van der Waals surface area contributed by atoms with E-state index < -0.39 is 18.0 Å². The molecule has 1 fully saturated rings. The summed E-state index contributed by atoms with van der Waals surface area (Å²) >= 11 is 5.36. The van der Waals surface area contributed by atoms with Crippen molar-refractivity contribution in [1.29, 1.82) is 0 Å². The largest absolute Gasteiger partial charge is 0.347 e. The number of amides is 3. The maximum atomic E-state index is 11.5. The van der Waals surface area contributed by atoms with Crippen molar-refractivity contribution in [3.05, 3.63) is 4.91 Å². The number of nitroso groups, excluding NO2 is 1. The lowest BCUT2D eigenvalue weighted by Gasteiger charge is -2.23.